The first-order valence-electron chi connectivity index (χ1n) is 5.87. The highest BCUT2D eigenvalue weighted by atomic mass is 16.4. The zero-order chi connectivity index (χ0) is 13.3. The van der Waals surface area contributed by atoms with Crippen molar-refractivity contribution in [1.29, 1.82) is 0 Å². The monoisotopic (exact) mass is 245 g/mol. The van der Waals surface area contributed by atoms with E-state index in [1.165, 1.54) is 6.07 Å². The van der Waals surface area contributed by atoms with Gasteiger partial charge < -0.3 is 10.8 Å². The van der Waals surface area contributed by atoms with Gasteiger partial charge in [0.15, 0.2) is 5.78 Å². The number of rotatable bonds is 2. The number of anilines is 1. The largest absolute Gasteiger partial charge is 0.478 e. The zero-order valence-electron chi connectivity index (χ0n) is 10.2. The van der Waals surface area contributed by atoms with Gasteiger partial charge in [0.2, 0.25) is 0 Å². The molecule has 2 rings (SSSR count). The van der Waals surface area contributed by atoms with Crippen molar-refractivity contribution < 1.29 is 14.7 Å². The van der Waals surface area contributed by atoms with Crippen LogP contribution in [-0.4, -0.2) is 16.9 Å². The fraction of sp³-hybridized carbons (Fsp3) is 0.286. The number of hydrogen-bond acceptors (Lipinski definition) is 3. The van der Waals surface area contributed by atoms with Crippen LogP contribution in [0.2, 0.25) is 0 Å². The van der Waals surface area contributed by atoms with Gasteiger partial charge in [-0.1, -0.05) is 6.07 Å². The van der Waals surface area contributed by atoms with Gasteiger partial charge in [-0.3, -0.25) is 4.79 Å². The summed E-state index contributed by atoms with van der Waals surface area (Å²) in [5, 5.41) is 9.06. The lowest BCUT2D eigenvalue weighted by Gasteiger charge is -2.17. The smallest absolute Gasteiger partial charge is 0.337 e. The summed E-state index contributed by atoms with van der Waals surface area (Å²) < 4.78 is 0. The first-order valence-corrected chi connectivity index (χ1v) is 5.87. The Morgan fingerprint density at radius 1 is 1.33 bits per heavy atom. The van der Waals surface area contributed by atoms with Crippen molar-refractivity contribution in [3.05, 3.63) is 34.9 Å². The van der Waals surface area contributed by atoms with Crippen molar-refractivity contribution in [2.24, 2.45) is 0 Å². The summed E-state index contributed by atoms with van der Waals surface area (Å²) in [6.07, 6.45) is 3.70. The van der Waals surface area contributed by atoms with E-state index in [0.717, 1.165) is 24.0 Å². The highest BCUT2D eigenvalue weighted by Crippen LogP contribution is 2.33. The third-order valence-corrected chi connectivity index (χ3v) is 3.21. The average molecular weight is 245 g/mol. The number of allylic oxidation sites excluding steroid dienone is 2. The molecule has 0 saturated carbocycles. The number of carbonyl (C=O) groups is 2. The molecule has 4 nitrogen and oxygen atoms in total. The Kier molecular flexibility index (Phi) is 3.19. The van der Waals surface area contributed by atoms with Crippen molar-refractivity contribution in [1.82, 2.24) is 0 Å². The van der Waals surface area contributed by atoms with E-state index in [4.69, 9.17) is 10.8 Å². The van der Waals surface area contributed by atoms with Gasteiger partial charge in [-0.25, -0.2) is 4.79 Å². The molecule has 3 N–H and O–H groups in total. The maximum Gasteiger partial charge on any atom is 0.337 e. The van der Waals surface area contributed by atoms with Gasteiger partial charge in [-0.05, 0) is 43.0 Å². The van der Waals surface area contributed by atoms with Crippen LogP contribution in [0.4, 0.5) is 5.69 Å². The molecule has 1 aliphatic carbocycles. The van der Waals surface area contributed by atoms with E-state index in [1.54, 1.807) is 12.1 Å². The van der Waals surface area contributed by atoms with Gasteiger partial charge in [-0.2, -0.15) is 0 Å². The lowest BCUT2D eigenvalue weighted by Crippen LogP contribution is -2.09. The second-order valence-electron chi connectivity index (χ2n) is 4.51. The number of nitrogens with two attached hydrogens (primary N) is 1. The molecule has 0 atom stereocenters. The summed E-state index contributed by atoms with van der Waals surface area (Å²) in [7, 11) is 0. The molecule has 0 aromatic heterocycles. The van der Waals surface area contributed by atoms with Crippen LogP contribution >= 0.6 is 0 Å². The lowest BCUT2D eigenvalue weighted by atomic mass is 9.88. The molecule has 0 bridgehead atoms. The summed E-state index contributed by atoms with van der Waals surface area (Å²) in [4.78, 5) is 22.5. The highest BCUT2D eigenvalue weighted by Gasteiger charge is 2.19. The second-order valence-corrected chi connectivity index (χ2v) is 4.51. The number of carboxylic acid groups (broad SMARTS) is 1. The lowest BCUT2D eigenvalue weighted by molar-refractivity contribution is -0.114. The molecule has 0 saturated heterocycles. The Hall–Kier alpha value is -2.10. The summed E-state index contributed by atoms with van der Waals surface area (Å²) in [6.45, 7) is 1.87. The van der Waals surface area contributed by atoms with Gasteiger partial charge in [0.1, 0.15) is 0 Å². The van der Waals surface area contributed by atoms with Crippen LogP contribution in [0.3, 0.4) is 0 Å². The number of carboxylic acids is 1. The Morgan fingerprint density at radius 2 is 2.06 bits per heavy atom. The van der Waals surface area contributed by atoms with Crippen LogP contribution in [-0.2, 0) is 4.79 Å². The number of benzene rings is 1. The van der Waals surface area contributed by atoms with E-state index < -0.39 is 5.97 Å². The molecule has 0 amide bonds. The van der Waals surface area contributed by atoms with Crippen LogP contribution in [0.15, 0.2) is 18.2 Å². The molecule has 1 aliphatic rings. The maximum atomic E-state index is 11.5. The van der Waals surface area contributed by atoms with Crippen LogP contribution < -0.4 is 5.73 Å². The summed E-state index contributed by atoms with van der Waals surface area (Å²) >= 11 is 0. The van der Waals surface area contributed by atoms with Crippen molar-refractivity contribution in [2.45, 2.75) is 26.2 Å². The Bertz CT molecular complexity index is 558. The Morgan fingerprint density at radius 3 is 2.67 bits per heavy atom. The van der Waals surface area contributed by atoms with E-state index >= 15 is 0 Å². The number of hydrogen-bond donors (Lipinski definition) is 2. The quantitative estimate of drug-likeness (QED) is 0.784. The summed E-state index contributed by atoms with van der Waals surface area (Å²) in [6, 6.07) is 3.23. The molecule has 1 aromatic rings. The van der Waals surface area contributed by atoms with Crippen LogP contribution in [0.25, 0.3) is 5.57 Å². The number of carbonyl (C=O) groups excluding carboxylic acids is 1. The van der Waals surface area contributed by atoms with Gasteiger partial charge in [-0.15, -0.1) is 0 Å². The molecule has 94 valence electrons. The summed E-state index contributed by atoms with van der Waals surface area (Å²) in [5.74, 6) is -0.965. The van der Waals surface area contributed by atoms with Gasteiger partial charge >= 0.3 is 5.97 Å². The normalized spacial score (nSPS) is 15.4. The third kappa shape index (κ3) is 2.14. The molecular formula is C14H15NO3. The minimum atomic E-state index is -1.04. The SMILES string of the molecule is Cc1ccc(C(=O)O)c(N)c1C1=CC(=O)CCC1. The van der Waals surface area contributed by atoms with Crippen molar-refractivity contribution in [2.75, 3.05) is 5.73 Å². The van der Waals surface area contributed by atoms with Gasteiger partial charge in [0.05, 0.1) is 11.3 Å². The van der Waals surface area contributed by atoms with Crippen LogP contribution in [0.1, 0.15) is 40.7 Å². The molecule has 18 heavy (non-hydrogen) atoms. The fourth-order valence-corrected chi connectivity index (χ4v) is 2.33. The number of aryl methyl sites for hydroxylation is 1. The summed E-state index contributed by atoms with van der Waals surface area (Å²) in [5.41, 5.74) is 8.74. The maximum absolute atomic E-state index is 11.5. The molecule has 0 spiro atoms. The van der Waals surface area contributed by atoms with Gasteiger partial charge in [0.25, 0.3) is 0 Å². The molecule has 0 aliphatic heterocycles. The molecule has 0 unspecified atom stereocenters. The zero-order valence-corrected chi connectivity index (χ0v) is 10.2. The van der Waals surface area contributed by atoms with Crippen molar-refractivity contribution >= 4 is 23.0 Å². The molecule has 0 fully saturated rings. The highest BCUT2D eigenvalue weighted by molar-refractivity contribution is 6.03. The predicted octanol–water partition coefficient (Wildman–Crippen LogP) is 2.41. The van der Waals surface area contributed by atoms with Crippen LogP contribution in [0.5, 0.6) is 0 Å². The minimum absolute atomic E-state index is 0.0794. The van der Waals surface area contributed by atoms with E-state index in [9.17, 15) is 9.59 Å². The Balaban J connectivity index is 2.59. The predicted molar refractivity (Wildman–Crippen MR) is 69.4 cm³/mol. The first-order chi connectivity index (χ1) is 8.50. The molecule has 4 heteroatoms. The van der Waals surface area contributed by atoms with Gasteiger partial charge in [0, 0.05) is 12.0 Å². The molecular weight excluding hydrogens is 230 g/mol. The van der Waals surface area contributed by atoms with Crippen molar-refractivity contribution in [3.63, 3.8) is 0 Å². The van der Waals surface area contributed by atoms with E-state index in [1.807, 2.05) is 6.92 Å². The number of nitrogen functional groups attached to an aromatic ring is 1. The van der Waals surface area contributed by atoms with Crippen molar-refractivity contribution in [3.8, 4) is 0 Å². The fourth-order valence-electron chi connectivity index (χ4n) is 2.33. The average Bonchev–Trinajstić information content (AvgIpc) is 2.28. The standard InChI is InChI=1S/C14H15NO3/c1-8-5-6-11(14(17)18)13(15)12(8)9-3-2-4-10(16)7-9/h5-7H,2-4,15H2,1H3,(H,17,18). The van der Waals surface area contributed by atoms with E-state index in [2.05, 4.69) is 0 Å². The first kappa shape index (κ1) is 12.4. The molecule has 0 radical (unpaired) electrons. The van der Waals surface area contributed by atoms with E-state index in [0.29, 0.717) is 12.0 Å². The Labute approximate surface area is 105 Å². The van der Waals surface area contributed by atoms with Crippen LogP contribution in [0, 0.1) is 6.92 Å². The topological polar surface area (TPSA) is 80.4 Å². The number of ketones is 1. The number of aromatic carboxylic acids is 1. The second kappa shape index (κ2) is 4.64. The minimum Gasteiger partial charge on any atom is -0.478 e. The van der Waals surface area contributed by atoms with E-state index in [-0.39, 0.29) is 17.0 Å². The molecule has 0 heterocycles. The molecule has 1 aromatic carbocycles. The third-order valence-electron chi connectivity index (χ3n) is 3.21.